The van der Waals surface area contributed by atoms with Gasteiger partial charge in [-0.1, -0.05) is 42.6 Å². The van der Waals surface area contributed by atoms with Crippen molar-refractivity contribution < 1.29 is 4.79 Å². The van der Waals surface area contributed by atoms with Crippen LogP contribution in [-0.4, -0.2) is 16.5 Å². The molecule has 1 fully saturated rings. The lowest BCUT2D eigenvalue weighted by Gasteiger charge is -2.32. The van der Waals surface area contributed by atoms with Crippen molar-refractivity contribution in [2.45, 2.75) is 44.6 Å². The third-order valence-electron chi connectivity index (χ3n) is 6.17. The molecule has 2 atom stereocenters. The molecule has 0 radical (unpaired) electrons. The summed E-state index contributed by atoms with van der Waals surface area (Å²) in [4.78, 5) is 24.9. The molecular formula is C26H27ClN2O2. The zero-order valence-electron chi connectivity index (χ0n) is 17.5. The number of benzene rings is 2. The van der Waals surface area contributed by atoms with E-state index in [9.17, 15) is 9.59 Å². The van der Waals surface area contributed by atoms with E-state index in [2.05, 4.69) is 17.4 Å². The van der Waals surface area contributed by atoms with Gasteiger partial charge in [0.2, 0.25) is 0 Å². The molecule has 1 aromatic heterocycles. The van der Waals surface area contributed by atoms with Crippen molar-refractivity contribution >= 4 is 17.5 Å². The molecule has 1 amide bonds. The minimum atomic E-state index is -0.0922. The van der Waals surface area contributed by atoms with Crippen molar-refractivity contribution in [2.24, 2.45) is 5.92 Å². The molecule has 0 bridgehead atoms. The van der Waals surface area contributed by atoms with Crippen LogP contribution in [-0.2, 0) is 6.42 Å². The first-order valence-corrected chi connectivity index (χ1v) is 11.3. The Morgan fingerprint density at radius 2 is 1.71 bits per heavy atom. The molecule has 160 valence electrons. The van der Waals surface area contributed by atoms with Gasteiger partial charge in [0.25, 0.3) is 11.5 Å². The maximum atomic E-state index is 12.9. The summed E-state index contributed by atoms with van der Waals surface area (Å²) in [6.45, 7) is 0. The van der Waals surface area contributed by atoms with Gasteiger partial charge >= 0.3 is 0 Å². The highest BCUT2D eigenvalue weighted by Gasteiger charge is 2.26. The van der Waals surface area contributed by atoms with E-state index in [-0.39, 0.29) is 17.5 Å². The Labute approximate surface area is 187 Å². The van der Waals surface area contributed by atoms with Crippen LogP contribution in [0.25, 0.3) is 5.69 Å². The number of amides is 1. The number of carbonyl (C=O) groups excluding carboxylic acids is 1. The average Bonchev–Trinajstić information content (AvgIpc) is 2.80. The first kappa shape index (κ1) is 21.4. The highest BCUT2D eigenvalue weighted by molar-refractivity contribution is 6.30. The summed E-state index contributed by atoms with van der Waals surface area (Å²) in [5, 5.41) is 4.03. The second-order valence-corrected chi connectivity index (χ2v) is 8.68. The van der Waals surface area contributed by atoms with Crippen LogP contribution >= 0.6 is 11.6 Å². The number of nitrogens with one attached hydrogen (secondary N) is 1. The summed E-state index contributed by atoms with van der Waals surface area (Å²) in [5.41, 5.74) is 2.56. The molecule has 31 heavy (non-hydrogen) atoms. The van der Waals surface area contributed by atoms with E-state index >= 15 is 0 Å². The zero-order chi connectivity index (χ0) is 21.6. The maximum absolute atomic E-state index is 12.9. The smallest absolute Gasteiger partial charge is 0.255 e. The SMILES string of the molecule is O=C(N[C@H]1CCCCC1CCc1ccc(Cl)cc1)c1ccc(-n2ccccc2=O)cc1. The molecule has 1 unspecified atom stereocenters. The Bertz CT molecular complexity index is 1070. The van der Waals surface area contributed by atoms with Crippen molar-refractivity contribution in [3.8, 4) is 5.69 Å². The van der Waals surface area contributed by atoms with Gasteiger partial charge in [-0.05, 0) is 79.6 Å². The van der Waals surface area contributed by atoms with Crippen molar-refractivity contribution in [3.63, 3.8) is 0 Å². The summed E-state index contributed by atoms with van der Waals surface area (Å²) in [7, 11) is 0. The third-order valence-corrected chi connectivity index (χ3v) is 6.42. The fraction of sp³-hybridized carbons (Fsp3) is 0.308. The average molecular weight is 435 g/mol. The van der Waals surface area contributed by atoms with E-state index in [0.29, 0.717) is 11.5 Å². The van der Waals surface area contributed by atoms with E-state index in [1.54, 1.807) is 29.0 Å². The van der Waals surface area contributed by atoms with Crippen LogP contribution in [0.5, 0.6) is 0 Å². The lowest BCUT2D eigenvalue weighted by Crippen LogP contribution is -2.42. The van der Waals surface area contributed by atoms with Gasteiger partial charge in [0.15, 0.2) is 0 Å². The molecule has 1 aliphatic rings. The van der Waals surface area contributed by atoms with Crippen LogP contribution in [0.1, 0.15) is 48.0 Å². The summed E-state index contributed by atoms with van der Waals surface area (Å²) in [6, 6.07) is 20.5. The van der Waals surface area contributed by atoms with Gasteiger partial charge in [-0.25, -0.2) is 0 Å². The molecule has 4 nitrogen and oxygen atoms in total. The van der Waals surface area contributed by atoms with E-state index in [1.807, 2.05) is 30.3 Å². The van der Waals surface area contributed by atoms with Gasteiger partial charge in [-0.2, -0.15) is 0 Å². The van der Waals surface area contributed by atoms with E-state index in [1.165, 1.54) is 18.1 Å². The molecule has 0 spiro atoms. The predicted molar refractivity (Wildman–Crippen MR) is 125 cm³/mol. The van der Waals surface area contributed by atoms with E-state index in [0.717, 1.165) is 42.8 Å². The molecule has 3 aromatic rings. The highest BCUT2D eigenvalue weighted by Crippen LogP contribution is 2.29. The van der Waals surface area contributed by atoms with Gasteiger partial charge in [-0.15, -0.1) is 0 Å². The molecule has 1 saturated carbocycles. The Balaban J connectivity index is 1.39. The normalized spacial score (nSPS) is 18.5. The van der Waals surface area contributed by atoms with E-state index < -0.39 is 0 Å². The molecule has 1 aliphatic carbocycles. The maximum Gasteiger partial charge on any atom is 0.255 e. The van der Waals surface area contributed by atoms with Crippen molar-refractivity contribution in [1.29, 1.82) is 0 Å². The fourth-order valence-electron chi connectivity index (χ4n) is 4.41. The topological polar surface area (TPSA) is 51.1 Å². The number of rotatable bonds is 6. The van der Waals surface area contributed by atoms with Gasteiger partial charge < -0.3 is 5.32 Å². The Kier molecular flexibility index (Phi) is 6.88. The van der Waals surface area contributed by atoms with Crippen molar-refractivity contribution in [2.75, 3.05) is 0 Å². The zero-order valence-corrected chi connectivity index (χ0v) is 18.2. The standard InChI is InChI=1S/C26H27ClN2O2/c27-22-14-9-19(10-15-22)8-11-20-5-1-2-6-24(20)28-26(31)21-12-16-23(17-13-21)29-18-4-3-7-25(29)30/h3-4,7,9-10,12-18,20,24H,1-2,5-6,8,11H2,(H,28,31)/t20?,24-/m0/s1. The molecule has 1 N–H and O–H groups in total. The number of hydrogen-bond acceptors (Lipinski definition) is 2. The Hall–Kier alpha value is -2.85. The van der Waals surface area contributed by atoms with Crippen LogP contribution in [0, 0.1) is 5.92 Å². The second kappa shape index (κ2) is 9.97. The van der Waals surface area contributed by atoms with Gasteiger partial charge in [-0.3, -0.25) is 14.2 Å². The summed E-state index contributed by atoms with van der Waals surface area (Å²) < 4.78 is 1.57. The fourth-order valence-corrected chi connectivity index (χ4v) is 4.54. The minimum absolute atomic E-state index is 0.0460. The highest BCUT2D eigenvalue weighted by atomic mass is 35.5. The number of halogens is 1. The number of carbonyl (C=O) groups is 1. The van der Waals surface area contributed by atoms with Gasteiger partial charge in [0, 0.05) is 34.6 Å². The molecule has 4 rings (SSSR count). The van der Waals surface area contributed by atoms with E-state index in [4.69, 9.17) is 11.6 Å². The lowest BCUT2D eigenvalue weighted by atomic mass is 9.81. The number of aryl methyl sites for hydroxylation is 1. The summed E-state index contributed by atoms with van der Waals surface area (Å²) in [6.07, 6.45) is 8.32. The van der Waals surface area contributed by atoms with Gasteiger partial charge in [0.05, 0.1) is 0 Å². The van der Waals surface area contributed by atoms with Crippen LogP contribution in [0.15, 0.2) is 77.7 Å². The monoisotopic (exact) mass is 434 g/mol. The first-order valence-electron chi connectivity index (χ1n) is 10.9. The Morgan fingerprint density at radius 1 is 0.968 bits per heavy atom. The number of hydrogen-bond donors (Lipinski definition) is 1. The molecule has 2 aromatic carbocycles. The minimum Gasteiger partial charge on any atom is -0.349 e. The van der Waals surface area contributed by atoms with Crippen LogP contribution in [0.2, 0.25) is 5.02 Å². The van der Waals surface area contributed by atoms with Crippen molar-refractivity contribution in [1.82, 2.24) is 9.88 Å². The molecule has 1 heterocycles. The quantitative estimate of drug-likeness (QED) is 0.563. The number of aromatic nitrogens is 1. The first-order chi connectivity index (χ1) is 15.1. The van der Waals surface area contributed by atoms with Crippen LogP contribution in [0.4, 0.5) is 0 Å². The molecule has 5 heteroatoms. The number of pyridine rings is 1. The molecule has 0 aliphatic heterocycles. The molecular weight excluding hydrogens is 408 g/mol. The van der Waals surface area contributed by atoms with Crippen LogP contribution < -0.4 is 10.9 Å². The summed E-state index contributed by atoms with van der Waals surface area (Å²) >= 11 is 5.99. The van der Waals surface area contributed by atoms with Crippen molar-refractivity contribution in [3.05, 3.63) is 99.4 Å². The van der Waals surface area contributed by atoms with Crippen LogP contribution in [0.3, 0.4) is 0 Å². The number of nitrogens with zero attached hydrogens (tertiary/aromatic N) is 1. The Morgan fingerprint density at radius 3 is 2.45 bits per heavy atom. The second-order valence-electron chi connectivity index (χ2n) is 8.25. The van der Waals surface area contributed by atoms with Gasteiger partial charge in [0.1, 0.15) is 0 Å². The third kappa shape index (κ3) is 5.45. The molecule has 0 saturated heterocycles. The predicted octanol–water partition coefficient (Wildman–Crippen LogP) is 5.41. The summed E-state index contributed by atoms with van der Waals surface area (Å²) in [5.74, 6) is 0.436. The largest absolute Gasteiger partial charge is 0.349 e. The lowest BCUT2D eigenvalue weighted by molar-refractivity contribution is 0.0903.